The molecule has 1 atom stereocenters. The number of rotatable bonds is 2. The van der Waals surface area contributed by atoms with Crippen LogP contribution in [0, 0.1) is 5.82 Å². The lowest BCUT2D eigenvalue weighted by atomic mass is 9.91. The molecule has 3 nitrogen and oxygen atoms in total. The Labute approximate surface area is 159 Å². The maximum atomic E-state index is 13.7. The van der Waals surface area contributed by atoms with Crippen LogP contribution in [0.5, 0.6) is 0 Å². The van der Waals surface area contributed by atoms with Gasteiger partial charge in [0.2, 0.25) is 0 Å². The molecule has 0 saturated carbocycles. The molecule has 132 valence electrons. The van der Waals surface area contributed by atoms with E-state index in [-0.39, 0.29) is 5.82 Å². The molecule has 0 bridgehead atoms. The summed E-state index contributed by atoms with van der Waals surface area (Å²) in [5, 5.41) is 2.72. The van der Waals surface area contributed by atoms with Crippen LogP contribution in [0.3, 0.4) is 0 Å². The molecule has 6 heteroatoms. The standard InChI is InChI=1S/C20H17ClFN3S/c1-25(20-24-18-8-11(21)2-7-19(18)26-20)13-4-6-17-15(10-13)14-9-12(22)3-5-16(14)23-17/h2-3,5,7-9,13,23H,4,6,10H2,1H3. The fourth-order valence-electron chi connectivity index (χ4n) is 3.90. The predicted molar refractivity (Wildman–Crippen MR) is 107 cm³/mol. The molecule has 0 saturated heterocycles. The normalized spacial score (nSPS) is 17.0. The number of benzene rings is 2. The van der Waals surface area contributed by atoms with Crippen molar-refractivity contribution in [3.05, 3.63) is 58.5 Å². The van der Waals surface area contributed by atoms with Crippen LogP contribution >= 0.6 is 22.9 Å². The van der Waals surface area contributed by atoms with Gasteiger partial charge >= 0.3 is 0 Å². The van der Waals surface area contributed by atoms with Crippen LogP contribution in [-0.2, 0) is 12.8 Å². The molecule has 0 fully saturated rings. The molecule has 1 unspecified atom stereocenters. The average Bonchev–Trinajstić information content (AvgIpc) is 3.21. The number of aromatic amines is 1. The van der Waals surface area contributed by atoms with Gasteiger partial charge in [0, 0.05) is 34.7 Å². The molecule has 2 aromatic heterocycles. The van der Waals surface area contributed by atoms with Gasteiger partial charge in [-0.25, -0.2) is 9.37 Å². The minimum atomic E-state index is -0.183. The molecule has 0 radical (unpaired) electrons. The fraction of sp³-hybridized carbons (Fsp3) is 0.250. The van der Waals surface area contributed by atoms with Crippen molar-refractivity contribution in [2.75, 3.05) is 11.9 Å². The van der Waals surface area contributed by atoms with Crippen LogP contribution in [0.4, 0.5) is 9.52 Å². The second-order valence-corrected chi connectivity index (χ2v) is 8.33. The summed E-state index contributed by atoms with van der Waals surface area (Å²) in [7, 11) is 2.10. The van der Waals surface area contributed by atoms with Gasteiger partial charge in [-0.15, -0.1) is 0 Å². The number of halogens is 2. The summed E-state index contributed by atoms with van der Waals surface area (Å²) in [6.45, 7) is 0. The molecular formula is C20H17ClFN3S. The van der Waals surface area contributed by atoms with E-state index < -0.39 is 0 Å². The van der Waals surface area contributed by atoms with Crippen molar-refractivity contribution in [3.8, 4) is 0 Å². The fourth-order valence-corrected chi connectivity index (χ4v) is 5.04. The maximum absolute atomic E-state index is 13.7. The maximum Gasteiger partial charge on any atom is 0.186 e. The smallest absolute Gasteiger partial charge is 0.186 e. The molecule has 5 rings (SSSR count). The summed E-state index contributed by atoms with van der Waals surface area (Å²) >= 11 is 7.77. The lowest BCUT2D eigenvalue weighted by Crippen LogP contribution is -2.36. The first kappa shape index (κ1) is 16.1. The Balaban J connectivity index is 1.49. The number of fused-ring (bicyclic) bond motifs is 4. The van der Waals surface area contributed by atoms with Crippen molar-refractivity contribution >= 4 is 49.2 Å². The first-order valence-corrected chi connectivity index (χ1v) is 9.86. The summed E-state index contributed by atoms with van der Waals surface area (Å²) in [6, 6.07) is 11.2. The Morgan fingerprint density at radius 2 is 2.15 bits per heavy atom. The number of anilines is 1. The van der Waals surface area contributed by atoms with Gasteiger partial charge < -0.3 is 9.88 Å². The number of thiazole rings is 1. The third-order valence-electron chi connectivity index (χ3n) is 5.31. The van der Waals surface area contributed by atoms with Crippen molar-refractivity contribution in [1.29, 1.82) is 0 Å². The Morgan fingerprint density at radius 1 is 1.27 bits per heavy atom. The van der Waals surface area contributed by atoms with Crippen LogP contribution in [0.25, 0.3) is 21.1 Å². The van der Waals surface area contributed by atoms with Crippen molar-refractivity contribution in [2.45, 2.75) is 25.3 Å². The van der Waals surface area contributed by atoms with E-state index in [9.17, 15) is 4.39 Å². The highest BCUT2D eigenvalue weighted by molar-refractivity contribution is 7.22. The van der Waals surface area contributed by atoms with Crippen LogP contribution < -0.4 is 4.90 Å². The van der Waals surface area contributed by atoms with Gasteiger partial charge in [0.15, 0.2) is 5.13 Å². The number of aromatic nitrogens is 2. The van der Waals surface area contributed by atoms with E-state index in [1.54, 1.807) is 17.4 Å². The zero-order valence-electron chi connectivity index (χ0n) is 14.2. The van der Waals surface area contributed by atoms with Gasteiger partial charge in [-0.3, -0.25) is 0 Å². The molecule has 2 heterocycles. The van der Waals surface area contributed by atoms with E-state index in [0.717, 1.165) is 45.5 Å². The highest BCUT2D eigenvalue weighted by Crippen LogP contribution is 2.35. The number of aryl methyl sites for hydroxylation is 1. The second-order valence-electron chi connectivity index (χ2n) is 6.89. The lowest BCUT2D eigenvalue weighted by Gasteiger charge is -2.31. The van der Waals surface area contributed by atoms with Gasteiger partial charge in [-0.05, 0) is 61.2 Å². The first-order chi connectivity index (χ1) is 12.6. The Hall–Kier alpha value is -2.11. The van der Waals surface area contributed by atoms with E-state index in [4.69, 9.17) is 16.6 Å². The van der Waals surface area contributed by atoms with Gasteiger partial charge in [0.25, 0.3) is 0 Å². The number of H-pyrrole nitrogens is 1. The molecule has 1 N–H and O–H groups in total. The second kappa shape index (κ2) is 5.96. The van der Waals surface area contributed by atoms with Gasteiger partial charge in [-0.2, -0.15) is 0 Å². The number of likely N-dealkylation sites (N-methyl/N-ethyl adjacent to an activating group) is 1. The first-order valence-electron chi connectivity index (χ1n) is 8.66. The van der Waals surface area contributed by atoms with E-state index in [1.807, 2.05) is 24.3 Å². The minimum absolute atomic E-state index is 0.183. The monoisotopic (exact) mass is 385 g/mol. The van der Waals surface area contributed by atoms with Crippen LogP contribution in [0.2, 0.25) is 5.02 Å². The molecule has 2 aromatic carbocycles. The summed E-state index contributed by atoms with van der Waals surface area (Å²) in [5.74, 6) is -0.183. The summed E-state index contributed by atoms with van der Waals surface area (Å²) < 4.78 is 14.9. The highest BCUT2D eigenvalue weighted by atomic mass is 35.5. The molecule has 26 heavy (non-hydrogen) atoms. The number of nitrogens with zero attached hydrogens (tertiary/aromatic N) is 2. The third kappa shape index (κ3) is 2.58. The van der Waals surface area contributed by atoms with Crippen LogP contribution in [-0.4, -0.2) is 23.1 Å². The van der Waals surface area contributed by atoms with Gasteiger partial charge in [0.1, 0.15) is 5.82 Å². The van der Waals surface area contributed by atoms with Crippen molar-refractivity contribution in [1.82, 2.24) is 9.97 Å². The average molecular weight is 386 g/mol. The van der Waals surface area contributed by atoms with E-state index in [1.165, 1.54) is 17.3 Å². The van der Waals surface area contributed by atoms with Crippen LogP contribution in [0.15, 0.2) is 36.4 Å². The third-order valence-corrected chi connectivity index (χ3v) is 6.67. The molecule has 4 aromatic rings. The molecule has 0 spiro atoms. The molecule has 0 aliphatic heterocycles. The summed E-state index contributed by atoms with van der Waals surface area (Å²) in [5.41, 5.74) is 4.45. The zero-order chi connectivity index (χ0) is 17.8. The van der Waals surface area contributed by atoms with Crippen molar-refractivity contribution in [2.24, 2.45) is 0 Å². The Kier molecular flexibility index (Phi) is 3.69. The number of hydrogen-bond donors (Lipinski definition) is 1. The zero-order valence-corrected chi connectivity index (χ0v) is 15.8. The summed E-state index contributed by atoms with van der Waals surface area (Å²) in [6.07, 6.45) is 2.92. The predicted octanol–water partition coefficient (Wildman–Crippen LogP) is 5.56. The molecule has 1 aliphatic rings. The minimum Gasteiger partial charge on any atom is -0.358 e. The van der Waals surface area contributed by atoms with Crippen LogP contribution in [0.1, 0.15) is 17.7 Å². The van der Waals surface area contributed by atoms with Gasteiger partial charge in [-0.1, -0.05) is 22.9 Å². The molecular weight excluding hydrogens is 369 g/mol. The lowest BCUT2D eigenvalue weighted by molar-refractivity contribution is 0.545. The van der Waals surface area contributed by atoms with Gasteiger partial charge in [0.05, 0.1) is 10.2 Å². The highest BCUT2D eigenvalue weighted by Gasteiger charge is 2.27. The SMILES string of the molecule is CN(c1nc2cc(Cl)ccc2s1)C1CCc2[nH]c3ccc(F)cc3c2C1. The molecule has 0 amide bonds. The van der Waals surface area contributed by atoms with Crippen molar-refractivity contribution < 1.29 is 4.39 Å². The molecule has 1 aliphatic carbocycles. The quantitative estimate of drug-likeness (QED) is 0.489. The largest absolute Gasteiger partial charge is 0.358 e. The Bertz CT molecular complexity index is 1130. The summed E-state index contributed by atoms with van der Waals surface area (Å²) in [4.78, 5) is 10.5. The number of hydrogen-bond acceptors (Lipinski definition) is 3. The Morgan fingerprint density at radius 3 is 3.04 bits per heavy atom. The van der Waals surface area contributed by atoms with E-state index in [0.29, 0.717) is 11.1 Å². The van der Waals surface area contributed by atoms with E-state index >= 15 is 0 Å². The topological polar surface area (TPSA) is 31.9 Å². The number of nitrogens with one attached hydrogen (secondary N) is 1. The van der Waals surface area contributed by atoms with Crippen molar-refractivity contribution in [3.63, 3.8) is 0 Å². The van der Waals surface area contributed by atoms with E-state index in [2.05, 4.69) is 16.9 Å².